The molecule has 0 bridgehead atoms. The molecule has 84 valence electrons. The van der Waals surface area contributed by atoms with E-state index in [1.807, 2.05) is 0 Å². The number of nitrogens with zero attached hydrogens (tertiary/aromatic N) is 1. The number of rotatable bonds is 4. The Kier molecular flexibility index (Phi) is 3.05. The number of methoxy groups -OCH3 is 1. The molecule has 1 N–H and O–H groups in total. The Balaban J connectivity index is 2.04. The number of halogens is 1. The van der Waals surface area contributed by atoms with Crippen LogP contribution in [0.2, 0.25) is 0 Å². The molecule has 1 aromatic carbocycles. The number of nitrogens with one attached hydrogen (secondary N) is 1. The summed E-state index contributed by atoms with van der Waals surface area (Å²) < 4.78 is 23.1. The van der Waals surface area contributed by atoms with E-state index in [0.717, 1.165) is 5.69 Å². The van der Waals surface area contributed by atoms with Gasteiger partial charge >= 0.3 is 0 Å². The van der Waals surface area contributed by atoms with Crippen molar-refractivity contribution in [2.45, 2.75) is 6.54 Å². The van der Waals surface area contributed by atoms with Crippen molar-refractivity contribution in [2.75, 3.05) is 12.4 Å². The average molecular weight is 222 g/mol. The third-order valence-electron chi connectivity index (χ3n) is 2.13. The van der Waals surface area contributed by atoms with Gasteiger partial charge in [0.1, 0.15) is 23.5 Å². The van der Waals surface area contributed by atoms with Crippen LogP contribution >= 0.6 is 0 Å². The predicted molar refractivity (Wildman–Crippen MR) is 56.8 cm³/mol. The minimum Gasteiger partial charge on any atom is -0.497 e. The molecule has 0 aliphatic carbocycles. The SMILES string of the molecule is COc1ccc(NCc2ccon2)c(F)c1. The molecule has 0 atom stereocenters. The van der Waals surface area contributed by atoms with Crippen molar-refractivity contribution in [1.29, 1.82) is 0 Å². The molecule has 1 heterocycles. The molecule has 0 aliphatic heterocycles. The summed E-state index contributed by atoms with van der Waals surface area (Å²) in [6.45, 7) is 0.416. The van der Waals surface area contributed by atoms with Gasteiger partial charge in [-0.3, -0.25) is 0 Å². The van der Waals surface area contributed by atoms with E-state index in [1.54, 1.807) is 18.2 Å². The van der Waals surface area contributed by atoms with Gasteiger partial charge in [0.05, 0.1) is 19.3 Å². The molecular formula is C11H11FN2O2. The predicted octanol–water partition coefficient (Wildman–Crippen LogP) is 2.43. The van der Waals surface area contributed by atoms with Crippen LogP contribution in [0.5, 0.6) is 5.75 Å². The van der Waals surface area contributed by atoms with Crippen LogP contribution in [0.25, 0.3) is 0 Å². The normalized spacial score (nSPS) is 10.1. The summed E-state index contributed by atoms with van der Waals surface area (Å²) in [5.41, 5.74) is 1.12. The van der Waals surface area contributed by atoms with Gasteiger partial charge in [-0.2, -0.15) is 0 Å². The van der Waals surface area contributed by atoms with Gasteiger partial charge in [0.15, 0.2) is 0 Å². The Hall–Kier alpha value is -2.04. The number of ether oxygens (including phenoxy) is 1. The molecular weight excluding hydrogens is 211 g/mol. The summed E-state index contributed by atoms with van der Waals surface area (Å²) in [7, 11) is 1.50. The molecule has 4 nitrogen and oxygen atoms in total. The van der Waals surface area contributed by atoms with E-state index in [4.69, 9.17) is 4.74 Å². The molecule has 0 unspecified atom stereocenters. The second-order valence-electron chi connectivity index (χ2n) is 3.19. The molecule has 16 heavy (non-hydrogen) atoms. The van der Waals surface area contributed by atoms with Gasteiger partial charge in [0, 0.05) is 12.1 Å². The van der Waals surface area contributed by atoms with Crippen LogP contribution in [0.1, 0.15) is 5.69 Å². The van der Waals surface area contributed by atoms with Gasteiger partial charge in [-0.05, 0) is 12.1 Å². The Morgan fingerprint density at radius 2 is 2.31 bits per heavy atom. The number of hydrogen-bond acceptors (Lipinski definition) is 4. The number of aromatic nitrogens is 1. The zero-order valence-electron chi connectivity index (χ0n) is 8.74. The largest absolute Gasteiger partial charge is 0.497 e. The first-order valence-corrected chi connectivity index (χ1v) is 4.76. The Morgan fingerprint density at radius 1 is 1.44 bits per heavy atom. The minimum atomic E-state index is -0.358. The van der Waals surface area contributed by atoms with Gasteiger partial charge in [0.25, 0.3) is 0 Å². The highest BCUT2D eigenvalue weighted by molar-refractivity contribution is 5.48. The summed E-state index contributed by atoms with van der Waals surface area (Å²) in [6.07, 6.45) is 1.47. The van der Waals surface area contributed by atoms with Crippen molar-refractivity contribution in [3.05, 3.63) is 42.0 Å². The van der Waals surface area contributed by atoms with Gasteiger partial charge in [-0.15, -0.1) is 0 Å². The zero-order valence-corrected chi connectivity index (χ0v) is 8.74. The second kappa shape index (κ2) is 4.65. The van der Waals surface area contributed by atoms with E-state index in [1.165, 1.54) is 19.4 Å². The van der Waals surface area contributed by atoms with E-state index in [2.05, 4.69) is 15.0 Å². The first-order valence-electron chi connectivity index (χ1n) is 4.76. The van der Waals surface area contributed by atoms with Crippen LogP contribution in [-0.2, 0) is 6.54 Å². The Bertz CT molecular complexity index is 457. The highest BCUT2D eigenvalue weighted by atomic mass is 19.1. The van der Waals surface area contributed by atoms with Crippen LogP contribution in [0.4, 0.5) is 10.1 Å². The summed E-state index contributed by atoms with van der Waals surface area (Å²) in [5, 5.41) is 6.62. The molecule has 0 aliphatic rings. The van der Waals surface area contributed by atoms with Crippen LogP contribution in [0, 0.1) is 5.82 Å². The monoisotopic (exact) mass is 222 g/mol. The molecule has 0 amide bonds. The molecule has 0 saturated carbocycles. The maximum atomic E-state index is 13.5. The minimum absolute atomic E-state index is 0.358. The van der Waals surface area contributed by atoms with Crippen LogP contribution < -0.4 is 10.1 Å². The molecule has 2 rings (SSSR count). The number of hydrogen-bond donors (Lipinski definition) is 1. The molecule has 2 aromatic rings. The van der Waals surface area contributed by atoms with Crippen LogP contribution in [0.15, 0.2) is 35.1 Å². The lowest BCUT2D eigenvalue weighted by Gasteiger charge is -2.07. The van der Waals surface area contributed by atoms with Crippen LogP contribution in [-0.4, -0.2) is 12.3 Å². The van der Waals surface area contributed by atoms with E-state index in [0.29, 0.717) is 18.0 Å². The molecule has 5 heteroatoms. The van der Waals surface area contributed by atoms with Crippen LogP contribution in [0.3, 0.4) is 0 Å². The average Bonchev–Trinajstić information content (AvgIpc) is 2.80. The molecule has 0 fully saturated rings. The van der Waals surface area contributed by atoms with Crippen molar-refractivity contribution in [1.82, 2.24) is 5.16 Å². The van der Waals surface area contributed by atoms with Gasteiger partial charge in [-0.1, -0.05) is 5.16 Å². The lowest BCUT2D eigenvalue weighted by Crippen LogP contribution is -2.01. The lowest BCUT2D eigenvalue weighted by atomic mass is 10.3. The fraction of sp³-hybridized carbons (Fsp3) is 0.182. The maximum absolute atomic E-state index is 13.5. The quantitative estimate of drug-likeness (QED) is 0.863. The van der Waals surface area contributed by atoms with Crippen molar-refractivity contribution in [3.8, 4) is 5.75 Å². The van der Waals surface area contributed by atoms with Gasteiger partial charge < -0.3 is 14.6 Å². The Labute approximate surface area is 92.0 Å². The first-order chi connectivity index (χ1) is 7.79. The van der Waals surface area contributed by atoms with E-state index < -0.39 is 0 Å². The van der Waals surface area contributed by atoms with E-state index in [9.17, 15) is 4.39 Å². The van der Waals surface area contributed by atoms with E-state index in [-0.39, 0.29) is 5.82 Å². The third-order valence-corrected chi connectivity index (χ3v) is 2.13. The standard InChI is InChI=1S/C11H11FN2O2/c1-15-9-2-3-11(10(12)6-9)13-7-8-4-5-16-14-8/h2-6,13H,7H2,1H3. The molecule has 0 radical (unpaired) electrons. The smallest absolute Gasteiger partial charge is 0.149 e. The molecule has 0 saturated heterocycles. The molecule has 1 aromatic heterocycles. The van der Waals surface area contributed by atoms with Crippen molar-refractivity contribution in [3.63, 3.8) is 0 Å². The third kappa shape index (κ3) is 2.31. The molecule has 0 spiro atoms. The summed E-state index contributed by atoms with van der Waals surface area (Å²) in [4.78, 5) is 0. The summed E-state index contributed by atoms with van der Waals surface area (Å²) in [6, 6.07) is 6.35. The fourth-order valence-electron chi connectivity index (χ4n) is 1.28. The van der Waals surface area contributed by atoms with E-state index >= 15 is 0 Å². The number of anilines is 1. The zero-order chi connectivity index (χ0) is 11.4. The fourth-order valence-corrected chi connectivity index (χ4v) is 1.28. The first kappa shape index (κ1) is 10.5. The maximum Gasteiger partial charge on any atom is 0.149 e. The van der Waals surface area contributed by atoms with Gasteiger partial charge in [-0.25, -0.2) is 4.39 Å². The summed E-state index contributed by atoms with van der Waals surface area (Å²) >= 11 is 0. The second-order valence-corrected chi connectivity index (χ2v) is 3.19. The van der Waals surface area contributed by atoms with Gasteiger partial charge in [0.2, 0.25) is 0 Å². The summed E-state index contributed by atoms with van der Waals surface area (Å²) in [5.74, 6) is 0.132. The topological polar surface area (TPSA) is 47.3 Å². The lowest BCUT2D eigenvalue weighted by molar-refractivity contribution is 0.411. The van der Waals surface area contributed by atoms with Crippen molar-refractivity contribution >= 4 is 5.69 Å². The van der Waals surface area contributed by atoms with Crippen molar-refractivity contribution < 1.29 is 13.7 Å². The highest BCUT2D eigenvalue weighted by Crippen LogP contribution is 2.20. The van der Waals surface area contributed by atoms with Crippen molar-refractivity contribution in [2.24, 2.45) is 0 Å². The highest BCUT2D eigenvalue weighted by Gasteiger charge is 2.04. The Morgan fingerprint density at radius 3 is 2.94 bits per heavy atom. The number of benzene rings is 1.